The number of para-hydroxylation sites is 2. The Morgan fingerprint density at radius 3 is 0.923 bits per heavy atom. The Balaban J connectivity index is 0.000000123. The minimum Gasteiger partial charge on any atom is -0.456 e. The molecule has 0 bridgehead atoms. The average Bonchev–Trinajstić information content (AvgIpc) is 1.59. The van der Waals surface area contributed by atoms with Gasteiger partial charge in [0.1, 0.15) is 22.3 Å². The minimum atomic E-state index is -1.52. The van der Waals surface area contributed by atoms with Crippen LogP contribution in [0.5, 0.6) is 0 Å². The first-order valence-electron chi connectivity index (χ1n) is 30.3. The Morgan fingerprint density at radius 1 is 0.231 bits per heavy atom. The molecule has 0 fully saturated rings. The quantitative estimate of drug-likeness (QED) is 0.129. The zero-order chi connectivity index (χ0) is 60.2. The Labute approximate surface area is 535 Å². The van der Waals surface area contributed by atoms with Gasteiger partial charge in [0, 0.05) is 26.0 Å². The molecule has 91 heavy (non-hydrogen) atoms. The van der Waals surface area contributed by atoms with E-state index in [9.17, 15) is 10.0 Å². The highest BCUT2D eigenvalue weighted by atomic mass is 79.9. The largest absolute Gasteiger partial charge is 0.489 e. The van der Waals surface area contributed by atoms with Crippen molar-refractivity contribution in [2.45, 2.75) is 7.43 Å². The van der Waals surface area contributed by atoms with Crippen molar-refractivity contribution < 1.29 is 18.9 Å². The van der Waals surface area contributed by atoms with Crippen molar-refractivity contribution in [3.63, 3.8) is 0 Å². The summed E-state index contributed by atoms with van der Waals surface area (Å²) < 4.78 is 13.0. The van der Waals surface area contributed by atoms with Crippen molar-refractivity contribution in [1.82, 2.24) is 0 Å². The van der Waals surface area contributed by atoms with Crippen molar-refractivity contribution in [2.24, 2.45) is 0 Å². The van der Waals surface area contributed by atoms with Crippen LogP contribution >= 0.6 is 15.9 Å². The lowest BCUT2D eigenvalue weighted by Crippen LogP contribution is -2.31. The second-order valence-corrected chi connectivity index (χ2v) is 23.8. The Morgan fingerprint density at radius 2 is 0.516 bits per heavy atom. The van der Waals surface area contributed by atoms with Crippen LogP contribution in [0.2, 0.25) is 0 Å². The van der Waals surface area contributed by atoms with Crippen LogP contribution in [0.25, 0.3) is 164 Å². The predicted molar refractivity (Wildman–Crippen MR) is 390 cm³/mol. The van der Waals surface area contributed by atoms with Gasteiger partial charge in [-0.1, -0.05) is 278 Å². The van der Waals surface area contributed by atoms with Crippen LogP contribution in [-0.4, -0.2) is 17.2 Å². The lowest BCUT2D eigenvalue weighted by molar-refractivity contribution is 0.426. The van der Waals surface area contributed by atoms with Gasteiger partial charge in [0.2, 0.25) is 0 Å². The highest BCUT2D eigenvalue weighted by Gasteiger charge is 2.23. The lowest BCUT2D eigenvalue weighted by atomic mass is 9.72. The van der Waals surface area contributed by atoms with Crippen molar-refractivity contribution >= 4 is 137 Å². The maximum atomic E-state index is 10.1. The van der Waals surface area contributed by atoms with Crippen LogP contribution in [0.15, 0.2) is 329 Å². The van der Waals surface area contributed by atoms with Gasteiger partial charge in [0.25, 0.3) is 0 Å². The lowest BCUT2D eigenvalue weighted by Gasteiger charge is -2.18. The summed E-state index contributed by atoms with van der Waals surface area (Å²) in [5, 5.41) is 38.6. The summed E-state index contributed by atoms with van der Waals surface area (Å²) in [4.78, 5) is 0. The Kier molecular flexibility index (Phi) is 14.9. The van der Waals surface area contributed by atoms with Crippen LogP contribution in [0.4, 0.5) is 0 Å². The highest BCUT2D eigenvalue weighted by molar-refractivity contribution is 9.10. The summed E-state index contributed by atoms with van der Waals surface area (Å²) in [7, 11) is -1.52. The molecule has 2 N–H and O–H groups in total. The van der Waals surface area contributed by atoms with Crippen molar-refractivity contribution in [2.75, 3.05) is 0 Å². The molecule has 6 heteroatoms. The summed E-state index contributed by atoms with van der Waals surface area (Å²) in [6, 6.07) is 111. The van der Waals surface area contributed by atoms with Gasteiger partial charge in [-0.05, 0) is 186 Å². The molecule has 0 unspecified atom stereocenters. The molecule has 18 aromatic rings. The molecule has 4 nitrogen and oxygen atoms in total. The molecule has 0 aliphatic heterocycles. The summed E-state index contributed by atoms with van der Waals surface area (Å²) in [5.74, 6) is 0. The minimum absolute atomic E-state index is 0. The molecule has 2 heterocycles. The number of furan rings is 2. The van der Waals surface area contributed by atoms with Crippen LogP contribution in [0.3, 0.4) is 0 Å². The van der Waals surface area contributed by atoms with E-state index in [1.165, 1.54) is 98.4 Å². The molecule has 0 aliphatic rings. The van der Waals surface area contributed by atoms with E-state index in [4.69, 9.17) is 8.83 Å². The molecular weight excluding hydrogens is 1180 g/mol. The zero-order valence-corrected chi connectivity index (χ0v) is 50.3. The summed E-state index contributed by atoms with van der Waals surface area (Å²) in [5.41, 5.74) is 16.4. The molecule has 2 aromatic heterocycles. The number of rotatable bonds is 6. The van der Waals surface area contributed by atoms with E-state index in [1.54, 1.807) is 0 Å². The van der Waals surface area contributed by atoms with Gasteiger partial charge in [-0.15, -0.1) is 0 Å². The maximum absolute atomic E-state index is 10.1. The van der Waals surface area contributed by atoms with E-state index in [1.807, 2.05) is 84.9 Å². The van der Waals surface area contributed by atoms with E-state index in [-0.39, 0.29) is 7.43 Å². The number of hydrogen-bond donors (Lipinski definition) is 2. The molecule has 0 spiro atoms. The van der Waals surface area contributed by atoms with Crippen LogP contribution in [-0.2, 0) is 0 Å². The molecule has 432 valence electrons. The second-order valence-electron chi connectivity index (χ2n) is 22.9. The maximum Gasteiger partial charge on any atom is 0.489 e. The van der Waals surface area contributed by atoms with Crippen molar-refractivity contribution in [3.05, 3.63) is 320 Å². The van der Waals surface area contributed by atoms with E-state index in [0.29, 0.717) is 5.46 Å². The fourth-order valence-electron chi connectivity index (χ4n) is 13.5. The van der Waals surface area contributed by atoms with Crippen molar-refractivity contribution in [3.8, 4) is 55.6 Å². The van der Waals surface area contributed by atoms with Gasteiger partial charge >= 0.3 is 7.12 Å². The van der Waals surface area contributed by atoms with Gasteiger partial charge in [0.15, 0.2) is 0 Å². The third-order valence-electron chi connectivity index (χ3n) is 17.7. The third kappa shape index (κ3) is 10.4. The topological polar surface area (TPSA) is 66.7 Å². The molecule has 0 radical (unpaired) electrons. The summed E-state index contributed by atoms with van der Waals surface area (Å²) in [6.45, 7) is 0. The first-order chi connectivity index (χ1) is 44.4. The standard InChI is InChI=1S/C42H26O.C24H17BO2.C18H11BrO.CH4/c1-2-10-30-25-32(22-19-27(30)9-1)42-36-14-5-3-12-34(36)41(35-13-4-6-15-37(35)42)29-20-17-28(18-21-29)31-23-24-40-38(26-31)33-11-7-8-16-39(33)43-40;26-25(27)24-21-11-5-3-9-19(21)23(20-10-4-6-12-22(20)24)18-14-13-16-7-1-2-8-17(16)15-18;19-14-8-5-12(6-9-14)13-7-10-18-16(11-13)15-3-1-2-4-17(15)20-18;/h1-26H;1-15,26-27H;1-11H;1H4. The SMILES string of the molecule is Brc1ccc(-c2ccc3oc4ccccc4c3c2)cc1.C.OB(O)c1c2ccccc2c(-c2ccc3ccccc3c2)c2ccccc12.c1ccc2cc(-c3c4ccccc4c(-c4ccc(-c5ccc6oc7ccccc7c6c5)cc4)c4ccccc34)ccc2c1. The smallest absolute Gasteiger partial charge is 0.456 e. The summed E-state index contributed by atoms with van der Waals surface area (Å²) >= 11 is 3.47. The molecule has 0 saturated carbocycles. The molecule has 0 saturated heterocycles. The van der Waals surface area contributed by atoms with Gasteiger partial charge in [-0.2, -0.15) is 0 Å². The predicted octanol–water partition coefficient (Wildman–Crippen LogP) is 23.2. The molecule has 0 aliphatic carbocycles. The second kappa shape index (κ2) is 23.9. The van der Waals surface area contributed by atoms with Crippen LogP contribution in [0.1, 0.15) is 7.43 Å². The van der Waals surface area contributed by atoms with Crippen molar-refractivity contribution in [1.29, 1.82) is 0 Å². The average molecular weight is 1230 g/mol. The molecule has 16 aromatic carbocycles. The summed E-state index contributed by atoms with van der Waals surface area (Å²) in [6.07, 6.45) is 0. The fourth-order valence-corrected chi connectivity index (χ4v) is 13.7. The first-order valence-corrected chi connectivity index (χ1v) is 31.1. The molecule has 0 atom stereocenters. The van der Waals surface area contributed by atoms with Crippen LogP contribution < -0.4 is 5.46 Å². The zero-order valence-electron chi connectivity index (χ0n) is 48.7. The first kappa shape index (κ1) is 56.6. The number of hydrogen-bond acceptors (Lipinski definition) is 4. The van der Waals surface area contributed by atoms with Gasteiger partial charge in [-0.3, -0.25) is 0 Å². The van der Waals surface area contributed by atoms with Gasteiger partial charge in [0.05, 0.1) is 0 Å². The number of halogens is 1. The fraction of sp³-hybridized carbons (Fsp3) is 0.0118. The third-order valence-corrected chi connectivity index (χ3v) is 18.2. The van der Waals surface area contributed by atoms with E-state index >= 15 is 0 Å². The number of benzene rings is 16. The highest BCUT2D eigenvalue weighted by Crippen LogP contribution is 2.45. The Hall–Kier alpha value is -10.9. The van der Waals surface area contributed by atoms with E-state index in [2.05, 4.69) is 246 Å². The van der Waals surface area contributed by atoms with E-state index < -0.39 is 7.12 Å². The van der Waals surface area contributed by atoms with E-state index in [0.717, 1.165) is 70.2 Å². The van der Waals surface area contributed by atoms with Crippen LogP contribution in [0, 0.1) is 0 Å². The molecular formula is C85H58BBrO4. The van der Waals surface area contributed by atoms with Gasteiger partial charge < -0.3 is 18.9 Å². The normalized spacial score (nSPS) is 11.4. The van der Waals surface area contributed by atoms with Gasteiger partial charge in [-0.25, -0.2) is 0 Å². The Bertz CT molecular complexity index is 5670. The molecule has 18 rings (SSSR count). The monoisotopic (exact) mass is 1230 g/mol. The number of fused-ring (bicyclic) bond motifs is 12. The molecule has 0 amide bonds.